The van der Waals surface area contributed by atoms with Crippen molar-refractivity contribution in [1.29, 1.82) is 0 Å². The first-order valence-electron chi connectivity index (χ1n) is 13.6. The van der Waals surface area contributed by atoms with Gasteiger partial charge in [0.15, 0.2) is 0 Å². The highest BCUT2D eigenvalue weighted by Gasteiger charge is 2.71. The average molecular weight is 514 g/mol. The van der Waals surface area contributed by atoms with Crippen LogP contribution in [0.4, 0.5) is 0 Å². The van der Waals surface area contributed by atoms with E-state index in [-0.39, 0.29) is 17.8 Å². The summed E-state index contributed by atoms with van der Waals surface area (Å²) < 4.78 is 40.0. The summed E-state index contributed by atoms with van der Waals surface area (Å²) in [6.45, 7) is 10.9. The summed E-state index contributed by atoms with van der Waals surface area (Å²) in [7, 11) is -5.11. The summed E-state index contributed by atoms with van der Waals surface area (Å²) in [6.07, 6.45) is 6.63. The molecule has 0 bridgehead atoms. The van der Waals surface area contributed by atoms with Gasteiger partial charge in [-0.1, -0.05) is 53.9 Å². The van der Waals surface area contributed by atoms with Crippen LogP contribution in [0.2, 0.25) is 0 Å². The largest absolute Gasteiger partial charge is 0.726 e. The van der Waals surface area contributed by atoms with Gasteiger partial charge in [0.05, 0.1) is 11.7 Å². The number of fused-ring (bicyclic) bond motifs is 5. The predicted octanol–water partition coefficient (Wildman–Crippen LogP) is 4.07. The van der Waals surface area contributed by atoms with Gasteiger partial charge in [0.2, 0.25) is 10.4 Å². The van der Waals surface area contributed by atoms with E-state index in [1.165, 1.54) is 19.3 Å². The molecule has 0 heterocycles. The van der Waals surface area contributed by atoms with Crippen molar-refractivity contribution in [3.05, 3.63) is 11.6 Å². The van der Waals surface area contributed by atoms with Crippen molar-refractivity contribution < 1.29 is 32.5 Å². The van der Waals surface area contributed by atoms with Gasteiger partial charge in [0.1, 0.15) is 11.7 Å². The Bertz CT molecular complexity index is 947. The second kappa shape index (κ2) is 9.05. The molecule has 7 nitrogen and oxygen atoms in total. The normalized spacial score (nSPS) is 46.5. The molecule has 0 aromatic rings. The zero-order valence-electron chi connectivity index (χ0n) is 22.0. The molecule has 0 aliphatic heterocycles. The summed E-state index contributed by atoms with van der Waals surface area (Å²) in [5.41, 5.74) is -3.65. The molecule has 202 valence electrons. The minimum absolute atomic E-state index is 0.0347. The van der Waals surface area contributed by atoms with Gasteiger partial charge in [0.25, 0.3) is 0 Å². The molecule has 0 spiro atoms. The third kappa shape index (κ3) is 4.34. The molecular formula is C27H45O7S-. The highest BCUT2D eigenvalue weighted by molar-refractivity contribution is 7.80. The molecule has 0 aromatic carbocycles. The quantitative estimate of drug-likeness (QED) is 0.266. The molecule has 0 aromatic heterocycles. The van der Waals surface area contributed by atoms with Crippen LogP contribution in [0.15, 0.2) is 11.6 Å². The van der Waals surface area contributed by atoms with Crippen LogP contribution >= 0.6 is 0 Å². The number of rotatable bonds is 7. The molecule has 35 heavy (non-hydrogen) atoms. The lowest BCUT2D eigenvalue weighted by molar-refractivity contribution is -0.255. The number of aliphatic hydroxyl groups is 3. The first-order chi connectivity index (χ1) is 16.1. The SMILES string of the molecule is CC(C)CCCC(C)C1CCC2C3=C[C@H](OS(=O)(=O)[O-])[C@@]4(O)C[C@@H](O)CC[C@]4(C)[C@@]3(O)CC[C@@]21C. The fourth-order valence-electron chi connectivity index (χ4n) is 8.74. The van der Waals surface area contributed by atoms with Crippen molar-refractivity contribution in [2.24, 2.45) is 34.5 Å². The summed E-state index contributed by atoms with van der Waals surface area (Å²) >= 11 is 0. The molecule has 3 unspecified atom stereocenters. The van der Waals surface area contributed by atoms with Crippen molar-refractivity contribution in [2.45, 2.75) is 122 Å². The molecule has 4 rings (SSSR count). The van der Waals surface area contributed by atoms with Crippen LogP contribution in [0.1, 0.15) is 98.8 Å². The smallest absolute Gasteiger partial charge is 0.218 e. The van der Waals surface area contributed by atoms with Crippen LogP contribution in [-0.4, -0.2) is 51.7 Å². The summed E-state index contributed by atoms with van der Waals surface area (Å²) in [4.78, 5) is 0. The molecule has 8 heteroatoms. The molecule has 0 radical (unpaired) electrons. The molecule has 9 atom stereocenters. The van der Waals surface area contributed by atoms with E-state index in [9.17, 15) is 28.3 Å². The van der Waals surface area contributed by atoms with E-state index in [0.717, 1.165) is 24.8 Å². The maximum absolute atomic E-state index is 12.3. The first-order valence-corrected chi connectivity index (χ1v) is 14.9. The van der Waals surface area contributed by atoms with Gasteiger partial charge < -0.3 is 19.9 Å². The Hall–Kier alpha value is -0.510. The highest BCUT2D eigenvalue weighted by Crippen LogP contribution is 2.69. The summed E-state index contributed by atoms with van der Waals surface area (Å²) in [5, 5.41) is 34.5. The van der Waals surface area contributed by atoms with Crippen molar-refractivity contribution in [2.75, 3.05) is 0 Å². The highest BCUT2D eigenvalue weighted by atomic mass is 32.3. The summed E-state index contributed by atoms with van der Waals surface area (Å²) in [5.74, 6) is 1.77. The van der Waals surface area contributed by atoms with Gasteiger partial charge in [-0.05, 0) is 79.3 Å². The zero-order chi connectivity index (χ0) is 26.0. The van der Waals surface area contributed by atoms with Crippen LogP contribution < -0.4 is 0 Å². The number of aliphatic hydroxyl groups excluding tert-OH is 1. The van der Waals surface area contributed by atoms with E-state index in [1.54, 1.807) is 13.0 Å². The minimum atomic E-state index is -5.11. The Labute approximate surface area is 211 Å². The van der Waals surface area contributed by atoms with E-state index in [4.69, 9.17) is 4.18 Å². The molecule has 0 amide bonds. The topological polar surface area (TPSA) is 127 Å². The Morgan fingerprint density at radius 3 is 2.40 bits per heavy atom. The molecule has 3 saturated carbocycles. The van der Waals surface area contributed by atoms with E-state index < -0.39 is 39.2 Å². The van der Waals surface area contributed by atoms with E-state index in [0.29, 0.717) is 37.0 Å². The average Bonchev–Trinajstić information content (AvgIpc) is 3.08. The monoisotopic (exact) mass is 513 g/mol. The minimum Gasteiger partial charge on any atom is -0.726 e. The molecule has 4 aliphatic rings. The number of hydrogen-bond acceptors (Lipinski definition) is 7. The fraction of sp³-hybridized carbons (Fsp3) is 0.926. The molecule has 3 fully saturated rings. The van der Waals surface area contributed by atoms with Crippen molar-refractivity contribution in [1.82, 2.24) is 0 Å². The van der Waals surface area contributed by atoms with Gasteiger partial charge in [-0.25, -0.2) is 8.42 Å². The van der Waals surface area contributed by atoms with Crippen LogP contribution in [-0.2, 0) is 14.6 Å². The third-order valence-electron chi connectivity index (χ3n) is 10.8. The standard InChI is InChI=1S/C27H46O7S/c1-17(2)7-6-8-18(3)20-9-10-21-22-15-23(34-35(31,32)33)27(30)16-19(28)11-12-25(27,5)26(22,29)14-13-24(20,21)4/h15,17-21,23,28-30H,6-14,16H2,1-5H3,(H,31,32,33)/p-1/t18?,19-,20?,21?,23-,24+,25+,26+,27-/m0/s1. The van der Waals surface area contributed by atoms with Crippen molar-refractivity contribution >= 4 is 10.4 Å². The lowest BCUT2D eigenvalue weighted by Gasteiger charge is -2.66. The predicted molar refractivity (Wildman–Crippen MR) is 132 cm³/mol. The van der Waals surface area contributed by atoms with Gasteiger partial charge in [-0.2, -0.15) is 0 Å². The molecule has 4 aliphatic carbocycles. The second-order valence-corrected chi connectivity index (χ2v) is 14.1. The van der Waals surface area contributed by atoms with E-state index in [1.807, 2.05) is 0 Å². The van der Waals surface area contributed by atoms with Gasteiger partial charge in [0, 0.05) is 11.8 Å². The molecule has 0 saturated heterocycles. The fourth-order valence-corrected chi connectivity index (χ4v) is 9.21. The summed E-state index contributed by atoms with van der Waals surface area (Å²) in [6, 6.07) is 0. The van der Waals surface area contributed by atoms with Crippen LogP contribution in [0.5, 0.6) is 0 Å². The first kappa shape index (κ1) is 27.5. The Kier molecular flexibility index (Phi) is 7.12. The van der Waals surface area contributed by atoms with E-state index >= 15 is 0 Å². The van der Waals surface area contributed by atoms with E-state index in [2.05, 4.69) is 27.7 Å². The van der Waals surface area contributed by atoms with Crippen LogP contribution in [0.25, 0.3) is 0 Å². The number of hydrogen-bond donors (Lipinski definition) is 3. The Balaban J connectivity index is 1.72. The maximum Gasteiger partial charge on any atom is 0.218 e. The maximum atomic E-state index is 12.3. The lowest BCUT2D eigenvalue weighted by atomic mass is 9.43. The lowest BCUT2D eigenvalue weighted by Crippen LogP contribution is -2.73. The molecular weight excluding hydrogens is 468 g/mol. The van der Waals surface area contributed by atoms with Crippen LogP contribution in [0.3, 0.4) is 0 Å². The third-order valence-corrected chi connectivity index (χ3v) is 11.3. The van der Waals surface area contributed by atoms with Crippen LogP contribution in [0, 0.1) is 34.5 Å². The molecule has 3 N–H and O–H groups in total. The second-order valence-electron chi connectivity index (χ2n) is 13.1. The van der Waals surface area contributed by atoms with Gasteiger partial charge in [-0.15, -0.1) is 0 Å². The van der Waals surface area contributed by atoms with Crippen molar-refractivity contribution in [3.8, 4) is 0 Å². The Morgan fingerprint density at radius 1 is 1.09 bits per heavy atom. The van der Waals surface area contributed by atoms with Gasteiger partial charge in [-0.3, -0.25) is 4.18 Å². The van der Waals surface area contributed by atoms with Gasteiger partial charge >= 0.3 is 0 Å². The zero-order valence-corrected chi connectivity index (χ0v) is 22.8. The van der Waals surface area contributed by atoms with Crippen molar-refractivity contribution in [3.63, 3.8) is 0 Å². The Morgan fingerprint density at radius 2 is 1.77 bits per heavy atom.